The Bertz CT molecular complexity index is 545. The average Bonchev–Trinajstić information content (AvgIpc) is 2.73. The van der Waals surface area contributed by atoms with E-state index in [0.29, 0.717) is 5.69 Å². The molecule has 8 heteroatoms. The average molecular weight is 296 g/mol. The fourth-order valence-electron chi connectivity index (χ4n) is 1.38. The lowest BCUT2D eigenvalue weighted by Gasteiger charge is -2.21. The lowest BCUT2D eigenvalue weighted by atomic mass is 9.95. The zero-order chi connectivity index (χ0) is 16.2. The number of aromatic nitrogens is 2. The van der Waals surface area contributed by atoms with Crippen LogP contribution in [0, 0.1) is 5.41 Å². The molecule has 0 saturated carbocycles. The van der Waals surface area contributed by atoms with Gasteiger partial charge in [0.05, 0.1) is 11.9 Å². The number of carboxylic acid groups (broad SMARTS) is 1. The summed E-state index contributed by atoms with van der Waals surface area (Å²) >= 11 is 0. The molecule has 0 aliphatic rings. The summed E-state index contributed by atoms with van der Waals surface area (Å²) < 4.78 is 1.19. The summed E-state index contributed by atoms with van der Waals surface area (Å²) in [4.78, 5) is 34.2. The molecule has 8 nitrogen and oxygen atoms in total. The van der Waals surface area contributed by atoms with Crippen molar-refractivity contribution in [1.29, 1.82) is 0 Å². The number of hydrogen-bond donors (Lipinski definition) is 3. The molecule has 0 aromatic carbocycles. The Morgan fingerprint density at radius 2 is 2.00 bits per heavy atom. The highest BCUT2D eigenvalue weighted by molar-refractivity contribution is 5.97. The maximum atomic E-state index is 11.9. The lowest BCUT2D eigenvalue weighted by molar-refractivity contribution is -0.137. The molecule has 0 bridgehead atoms. The third kappa shape index (κ3) is 5.25. The molecule has 0 saturated heterocycles. The SMILES string of the molecule is CC(NC(=O)C(C)(C)C)C(=O)Nc1cnn(CC(=O)O)c1. The number of hydrogen-bond acceptors (Lipinski definition) is 4. The summed E-state index contributed by atoms with van der Waals surface area (Å²) in [5.41, 5.74) is -0.209. The van der Waals surface area contributed by atoms with E-state index in [-0.39, 0.29) is 12.5 Å². The Kier molecular flexibility index (Phi) is 5.07. The number of aliphatic carboxylic acids is 1. The standard InChI is InChI=1S/C13H20N4O4/c1-8(15-12(21)13(2,3)4)11(20)16-9-5-14-17(6-9)7-10(18)19/h5-6,8H,7H2,1-4H3,(H,15,21)(H,16,20)(H,18,19). The monoisotopic (exact) mass is 296 g/mol. The second-order valence-electron chi connectivity index (χ2n) is 5.75. The van der Waals surface area contributed by atoms with Crippen LogP contribution in [-0.2, 0) is 20.9 Å². The number of anilines is 1. The molecule has 0 spiro atoms. The quantitative estimate of drug-likeness (QED) is 0.730. The first-order valence-corrected chi connectivity index (χ1v) is 6.45. The van der Waals surface area contributed by atoms with Gasteiger partial charge in [0.1, 0.15) is 12.6 Å². The minimum atomic E-state index is -1.03. The minimum absolute atomic E-state index is 0.230. The molecular weight excluding hydrogens is 276 g/mol. The summed E-state index contributed by atoms with van der Waals surface area (Å²) in [6.45, 7) is 6.54. The van der Waals surface area contributed by atoms with Crippen LogP contribution in [0.15, 0.2) is 12.4 Å². The van der Waals surface area contributed by atoms with Gasteiger partial charge in [-0.1, -0.05) is 20.8 Å². The number of carbonyl (C=O) groups is 3. The molecule has 1 rings (SSSR count). The summed E-state index contributed by atoms with van der Waals surface area (Å²) in [5, 5.41) is 17.6. The molecule has 1 unspecified atom stereocenters. The van der Waals surface area contributed by atoms with E-state index in [2.05, 4.69) is 15.7 Å². The van der Waals surface area contributed by atoms with E-state index >= 15 is 0 Å². The predicted octanol–water partition coefficient (Wildman–Crippen LogP) is 0.457. The van der Waals surface area contributed by atoms with Crippen molar-refractivity contribution in [3.63, 3.8) is 0 Å². The van der Waals surface area contributed by atoms with Gasteiger partial charge in [-0.2, -0.15) is 5.10 Å². The van der Waals surface area contributed by atoms with Crippen molar-refractivity contribution < 1.29 is 19.5 Å². The number of amides is 2. The van der Waals surface area contributed by atoms with Crippen LogP contribution in [-0.4, -0.2) is 38.7 Å². The van der Waals surface area contributed by atoms with Gasteiger partial charge in [0.2, 0.25) is 11.8 Å². The van der Waals surface area contributed by atoms with Gasteiger partial charge >= 0.3 is 5.97 Å². The smallest absolute Gasteiger partial charge is 0.325 e. The predicted molar refractivity (Wildman–Crippen MR) is 75.6 cm³/mol. The molecule has 2 amide bonds. The van der Waals surface area contributed by atoms with E-state index < -0.39 is 23.3 Å². The highest BCUT2D eigenvalue weighted by Gasteiger charge is 2.25. The van der Waals surface area contributed by atoms with Crippen LogP contribution in [0.1, 0.15) is 27.7 Å². The third-order valence-electron chi connectivity index (χ3n) is 2.62. The zero-order valence-electron chi connectivity index (χ0n) is 12.5. The highest BCUT2D eigenvalue weighted by Crippen LogP contribution is 2.13. The molecule has 0 fully saturated rings. The Morgan fingerprint density at radius 3 is 2.52 bits per heavy atom. The van der Waals surface area contributed by atoms with Gasteiger partial charge in [-0.05, 0) is 6.92 Å². The molecule has 1 aromatic heterocycles. The summed E-state index contributed by atoms with van der Waals surface area (Å²) in [7, 11) is 0. The second kappa shape index (κ2) is 6.38. The van der Waals surface area contributed by atoms with Gasteiger partial charge < -0.3 is 15.7 Å². The molecule has 0 aliphatic heterocycles. The van der Waals surface area contributed by atoms with E-state index in [4.69, 9.17) is 5.11 Å². The first-order valence-electron chi connectivity index (χ1n) is 6.45. The zero-order valence-corrected chi connectivity index (χ0v) is 12.5. The van der Waals surface area contributed by atoms with Crippen molar-refractivity contribution in [3.8, 4) is 0 Å². The van der Waals surface area contributed by atoms with Crippen LogP contribution in [0.2, 0.25) is 0 Å². The van der Waals surface area contributed by atoms with E-state index in [9.17, 15) is 14.4 Å². The molecular formula is C13H20N4O4. The van der Waals surface area contributed by atoms with E-state index in [1.54, 1.807) is 27.7 Å². The fourth-order valence-corrected chi connectivity index (χ4v) is 1.38. The first-order chi connectivity index (χ1) is 9.59. The van der Waals surface area contributed by atoms with Gasteiger partial charge in [0.25, 0.3) is 0 Å². The second-order valence-corrected chi connectivity index (χ2v) is 5.75. The summed E-state index contributed by atoms with van der Waals surface area (Å²) in [6, 6.07) is -0.709. The van der Waals surface area contributed by atoms with Gasteiger partial charge in [-0.3, -0.25) is 19.1 Å². The summed E-state index contributed by atoms with van der Waals surface area (Å²) in [5.74, 6) is -1.66. The fraction of sp³-hybridized carbons (Fsp3) is 0.538. The molecule has 1 aromatic rings. The largest absolute Gasteiger partial charge is 0.480 e. The maximum Gasteiger partial charge on any atom is 0.325 e. The van der Waals surface area contributed by atoms with Gasteiger partial charge in [0, 0.05) is 11.6 Å². The Balaban J connectivity index is 2.58. The molecule has 3 N–H and O–H groups in total. The molecule has 1 heterocycles. The van der Waals surface area contributed by atoms with Crippen molar-refractivity contribution in [2.75, 3.05) is 5.32 Å². The van der Waals surface area contributed by atoms with Crippen LogP contribution in [0.25, 0.3) is 0 Å². The number of carbonyl (C=O) groups excluding carboxylic acids is 2. The summed E-state index contributed by atoms with van der Waals surface area (Å²) in [6.07, 6.45) is 2.75. The van der Waals surface area contributed by atoms with Gasteiger partial charge in [0.15, 0.2) is 0 Å². The van der Waals surface area contributed by atoms with Crippen molar-refractivity contribution in [1.82, 2.24) is 15.1 Å². The first kappa shape index (κ1) is 16.7. The number of carboxylic acids is 1. The molecule has 0 aliphatic carbocycles. The van der Waals surface area contributed by atoms with Crippen molar-refractivity contribution >= 4 is 23.5 Å². The number of nitrogens with one attached hydrogen (secondary N) is 2. The number of rotatable bonds is 5. The van der Waals surface area contributed by atoms with Crippen molar-refractivity contribution in [2.24, 2.45) is 5.41 Å². The molecule has 1 atom stereocenters. The van der Waals surface area contributed by atoms with E-state index in [0.717, 1.165) is 0 Å². The lowest BCUT2D eigenvalue weighted by Crippen LogP contribution is -2.46. The maximum absolute atomic E-state index is 11.9. The van der Waals surface area contributed by atoms with E-state index in [1.807, 2.05) is 0 Å². The number of nitrogens with zero attached hydrogens (tertiary/aromatic N) is 2. The normalized spacial score (nSPS) is 12.6. The van der Waals surface area contributed by atoms with Crippen LogP contribution in [0.5, 0.6) is 0 Å². The van der Waals surface area contributed by atoms with Crippen molar-refractivity contribution in [3.05, 3.63) is 12.4 Å². The minimum Gasteiger partial charge on any atom is -0.480 e. The van der Waals surface area contributed by atoms with Gasteiger partial charge in [-0.25, -0.2) is 0 Å². The molecule has 21 heavy (non-hydrogen) atoms. The van der Waals surface area contributed by atoms with Crippen LogP contribution in [0.4, 0.5) is 5.69 Å². The van der Waals surface area contributed by atoms with Crippen LogP contribution < -0.4 is 10.6 Å². The van der Waals surface area contributed by atoms with Crippen molar-refractivity contribution in [2.45, 2.75) is 40.3 Å². The van der Waals surface area contributed by atoms with Crippen LogP contribution >= 0.6 is 0 Å². The van der Waals surface area contributed by atoms with E-state index in [1.165, 1.54) is 17.1 Å². The Hall–Kier alpha value is -2.38. The topological polar surface area (TPSA) is 113 Å². The Morgan fingerprint density at radius 1 is 1.38 bits per heavy atom. The Labute approximate surface area is 122 Å². The highest BCUT2D eigenvalue weighted by atomic mass is 16.4. The molecule has 116 valence electrons. The third-order valence-corrected chi connectivity index (χ3v) is 2.62. The van der Waals surface area contributed by atoms with Crippen LogP contribution in [0.3, 0.4) is 0 Å². The van der Waals surface area contributed by atoms with Gasteiger partial charge in [-0.15, -0.1) is 0 Å². The molecule has 0 radical (unpaired) electrons.